The topological polar surface area (TPSA) is 32.5 Å². The molecule has 3 nitrogen and oxygen atoms in total. The summed E-state index contributed by atoms with van der Waals surface area (Å²) < 4.78 is 0. The Balaban J connectivity index is 2.29. The minimum Gasteiger partial charge on any atom is -0.368 e. The predicted molar refractivity (Wildman–Crippen MR) is 87.7 cm³/mol. The highest BCUT2D eigenvalue weighted by molar-refractivity contribution is 6.33. The number of hydrogen-bond acceptors (Lipinski definition) is 3. The number of halogens is 1. The summed E-state index contributed by atoms with van der Waals surface area (Å²) in [5, 5.41) is 0.842. The molecule has 2 N–H and O–H groups in total. The summed E-state index contributed by atoms with van der Waals surface area (Å²) >= 11 is 6.47. The summed E-state index contributed by atoms with van der Waals surface area (Å²) in [5.41, 5.74) is 8.42. The Hall–Kier alpha value is -0.770. The molecule has 1 aliphatic heterocycles. The highest BCUT2D eigenvalue weighted by atomic mass is 35.5. The van der Waals surface area contributed by atoms with Gasteiger partial charge < -0.3 is 15.5 Å². The maximum absolute atomic E-state index is 6.47. The van der Waals surface area contributed by atoms with Crippen LogP contribution in [-0.4, -0.2) is 44.2 Å². The van der Waals surface area contributed by atoms with Gasteiger partial charge in [0.15, 0.2) is 0 Å². The second-order valence-corrected chi connectivity index (χ2v) is 6.75. The summed E-state index contributed by atoms with van der Waals surface area (Å²) in [4.78, 5) is 4.74. The highest BCUT2D eigenvalue weighted by Gasteiger charge is 2.32. The summed E-state index contributed by atoms with van der Waals surface area (Å²) in [5.74, 6) is 0.643. The molecule has 0 aromatic heterocycles. The molecule has 2 rings (SSSR count). The lowest BCUT2D eigenvalue weighted by molar-refractivity contribution is 0.266. The smallest absolute Gasteiger partial charge is 0.0642 e. The van der Waals surface area contributed by atoms with Gasteiger partial charge in [0.25, 0.3) is 0 Å². The van der Waals surface area contributed by atoms with Crippen molar-refractivity contribution in [2.75, 3.05) is 32.1 Å². The summed E-state index contributed by atoms with van der Waals surface area (Å²) in [6.07, 6.45) is 0.868. The quantitative estimate of drug-likeness (QED) is 0.927. The normalized spacial score (nSPS) is 24.4. The molecular weight excluding hydrogens is 270 g/mol. The largest absolute Gasteiger partial charge is 0.368 e. The fraction of sp³-hybridized carbons (Fsp3) is 0.625. The third-order valence-electron chi connectivity index (χ3n) is 4.16. The van der Waals surface area contributed by atoms with Crippen LogP contribution < -0.4 is 10.6 Å². The van der Waals surface area contributed by atoms with Crippen LogP contribution >= 0.6 is 11.6 Å². The van der Waals surface area contributed by atoms with Crippen molar-refractivity contribution in [2.45, 2.75) is 32.4 Å². The van der Waals surface area contributed by atoms with Gasteiger partial charge in [-0.2, -0.15) is 0 Å². The van der Waals surface area contributed by atoms with Crippen LogP contribution in [0.1, 0.15) is 19.4 Å². The monoisotopic (exact) mass is 295 g/mol. The second kappa shape index (κ2) is 6.33. The van der Waals surface area contributed by atoms with Crippen molar-refractivity contribution >= 4 is 17.3 Å². The lowest BCUT2D eigenvalue weighted by Gasteiger charge is -2.25. The molecule has 0 aliphatic carbocycles. The molecule has 3 unspecified atom stereocenters. The minimum absolute atomic E-state index is 0.150. The van der Waals surface area contributed by atoms with Crippen LogP contribution in [0.5, 0.6) is 0 Å². The SMILES string of the molecule is CC(N)Cc1cccc(Cl)c1N1CC(C)C(N(C)C)C1. The standard InChI is InChI=1S/C16H26ClN3/c1-11-9-20(10-15(11)19(3)4)16-13(8-12(2)18)6-5-7-14(16)17/h5-7,11-12,15H,8-10,18H2,1-4H3. The summed E-state index contributed by atoms with van der Waals surface area (Å²) in [7, 11) is 4.31. The molecular formula is C16H26ClN3. The van der Waals surface area contributed by atoms with Crippen molar-refractivity contribution in [3.63, 3.8) is 0 Å². The number of benzene rings is 1. The van der Waals surface area contributed by atoms with E-state index in [0.717, 1.165) is 24.5 Å². The first-order chi connectivity index (χ1) is 9.40. The maximum atomic E-state index is 6.47. The molecule has 4 heteroatoms. The molecule has 0 spiro atoms. The zero-order valence-corrected chi connectivity index (χ0v) is 13.7. The van der Waals surface area contributed by atoms with E-state index < -0.39 is 0 Å². The number of para-hydroxylation sites is 1. The van der Waals surface area contributed by atoms with Crippen molar-refractivity contribution < 1.29 is 0 Å². The number of nitrogens with two attached hydrogens (primary N) is 1. The number of anilines is 1. The third kappa shape index (κ3) is 3.27. The van der Waals surface area contributed by atoms with Gasteiger partial charge in [-0.05, 0) is 45.0 Å². The zero-order valence-electron chi connectivity index (χ0n) is 12.9. The predicted octanol–water partition coefficient (Wildman–Crippen LogP) is 2.62. The number of rotatable bonds is 4. The Bertz CT molecular complexity index is 459. The van der Waals surface area contributed by atoms with Crippen LogP contribution in [0.25, 0.3) is 0 Å². The van der Waals surface area contributed by atoms with Crippen LogP contribution in [0.4, 0.5) is 5.69 Å². The average Bonchev–Trinajstić information content (AvgIpc) is 2.70. The molecule has 20 heavy (non-hydrogen) atoms. The van der Waals surface area contributed by atoms with Crippen LogP contribution in [0.15, 0.2) is 18.2 Å². The van der Waals surface area contributed by atoms with Gasteiger partial charge in [0.05, 0.1) is 10.7 Å². The molecule has 0 saturated carbocycles. The summed E-state index contributed by atoms with van der Waals surface area (Å²) in [6.45, 7) is 6.44. The Kier molecular flexibility index (Phi) is 4.95. The number of likely N-dealkylation sites (N-methyl/N-ethyl adjacent to an activating group) is 1. The van der Waals surface area contributed by atoms with Crippen molar-refractivity contribution in [3.05, 3.63) is 28.8 Å². The number of nitrogens with zero attached hydrogens (tertiary/aromatic N) is 2. The fourth-order valence-corrected chi connectivity index (χ4v) is 3.54. The van der Waals surface area contributed by atoms with Crippen molar-refractivity contribution in [3.8, 4) is 0 Å². The van der Waals surface area contributed by atoms with Gasteiger partial charge in [-0.1, -0.05) is 30.7 Å². The van der Waals surface area contributed by atoms with E-state index in [9.17, 15) is 0 Å². The zero-order chi connectivity index (χ0) is 14.9. The average molecular weight is 296 g/mol. The molecule has 1 fully saturated rings. The Labute approximate surface area is 127 Å². The summed E-state index contributed by atoms with van der Waals surface area (Å²) in [6, 6.07) is 6.88. The van der Waals surface area contributed by atoms with Gasteiger partial charge in [-0.25, -0.2) is 0 Å². The van der Waals surface area contributed by atoms with Gasteiger partial charge in [-0.3, -0.25) is 0 Å². The van der Waals surface area contributed by atoms with E-state index in [2.05, 4.69) is 36.9 Å². The van der Waals surface area contributed by atoms with E-state index in [1.165, 1.54) is 11.3 Å². The first-order valence-corrected chi connectivity index (χ1v) is 7.72. The van der Waals surface area contributed by atoms with E-state index >= 15 is 0 Å². The third-order valence-corrected chi connectivity index (χ3v) is 4.47. The van der Waals surface area contributed by atoms with Crippen LogP contribution in [-0.2, 0) is 6.42 Å². The fourth-order valence-electron chi connectivity index (χ4n) is 3.23. The molecule has 1 aliphatic rings. The van der Waals surface area contributed by atoms with Gasteiger partial charge in [-0.15, -0.1) is 0 Å². The van der Waals surface area contributed by atoms with Crippen LogP contribution in [0.3, 0.4) is 0 Å². The highest BCUT2D eigenvalue weighted by Crippen LogP contribution is 2.35. The lowest BCUT2D eigenvalue weighted by atomic mass is 10.0. The van der Waals surface area contributed by atoms with Crippen LogP contribution in [0, 0.1) is 5.92 Å². The van der Waals surface area contributed by atoms with E-state index in [4.69, 9.17) is 17.3 Å². The van der Waals surface area contributed by atoms with E-state index in [1.807, 2.05) is 19.1 Å². The Morgan fingerprint density at radius 2 is 2.10 bits per heavy atom. The lowest BCUT2D eigenvalue weighted by Crippen LogP contribution is -2.34. The molecule has 1 aromatic rings. The maximum Gasteiger partial charge on any atom is 0.0642 e. The molecule has 0 radical (unpaired) electrons. The minimum atomic E-state index is 0.150. The second-order valence-electron chi connectivity index (χ2n) is 6.34. The van der Waals surface area contributed by atoms with Gasteiger partial charge >= 0.3 is 0 Å². The van der Waals surface area contributed by atoms with Crippen LogP contribution in [0.2, 0.25) is 5.02 Å². The molecule has 0 amide bonds. The number of hydrogen-bond donors (Lipinski definition) is 1. The molecule has 3 atom stereocenters. The Morgan fingerprint density at radius 3 is 2.65 bits per heavy atom. The molecule has 1 heterocycles. The molecule has 1 aromatic carbocycles. The van der Waals surface area contributed by atoms with Crippen molar-refractivity contribution in [1.29, 1.82) is 0 Å². The van der Waals surface area contributed by atoms with E-state index in [-0.39, 0.29) is 6.04 Å². The molecule has 112 valence electrons. The molecule has 0 bridgehead atoms. The first kappa shape index (κ1) is 15.6. The van der Waals surface area contributed by atoms with Gasteiger partial charge in [0.1, 0.15) is 0 Å². The molecule has 1 saturated heterocycles. The van der Waals surface area contributed by atoms with Crippen molar-refractivity contribution in [1.82, 2.24) is 4.90 Å². The van der Waals surface area contributed by atoms with E-state index in [1.54, 1.807) is 0 Å². The van der Waals surface area contributed by atoms with Gasteiger partial charge in [0, 0.05) is 25.2 Å². The van der Waals surface area contributed by atoms with Crippen molar-refractivity contribution in [2.24, 2.45) is 11.7 Å². The van der Waals surface area contributed by atoms with Gasteiger partial charge in [0.2, 0.25) is 0 Å². The van der Waals surface area contributed by atoms with E-state index in [0.29, 0.717) is 12.0 Å². The first-order valence-electron chi connectivity index (χ1n) is 7.34. The Morgan fingerprint density at radius 1 is 1.40 bits per heavy atom.